The highest BCUT2D eigenvalue weighted by molar-refractivity contribution is 9.10. The molecule has 0 aliphatic carbocycles. The molecule has 0 amide bonds. The van der Waals surface area contributed by atoms with Crippen molar-refractivity contribution in [1.29, 1.82) is 0 Å². The van der Waals surface area contributed by atoms with Gasteiger partial charge in [-0.2, -0.15) is 5.10 Å². The first-order valence-electron chi connectivity index (χ1n) is 5.96. The highest BCUT2D eigenvalue weighted by atomic mass is 79.9. The number of nitrogens with zero attached hydrogens (tertiary/aromatic N) is 3. The second-order valence-electron chi connectivity index (χ2n) is 4.46. The molecule has 0 spiro atoms. The van der Waals surface area contributed by atoms with E-state index in [4.69, 9.17) is 0 Å². The second-order valence-corrected chi connectivity index (χ2v) is 6.30. The molecule has 6 heteroatoms. The molecule has 0 saturated heterocycles. The Morgan fingerprint density at radius 1 is 1.50 bits per heavy atom. The van der Waals surface area contributed by atoms with Gasteiger partial charge in [0.2, 0.25) is 0 Å². The zero-order valence-electron chi connectivity index (χ0n) is 10.5. The van der Waals surface area contributed by atoms with Crippen molar-refractivity contribution in [3.8, 4) is 0 Å². The lowest BCUT2D eigenvalue weighted by atomic mass is 10.2. The average Bonchev–Trinajstić information content (AvgIpc) is 2.97. The summed E-state index contributed by atoms with van der Waals surface area (Å²) in [6.07, 6.45) is 5.66. The molecule has 0 aliphatic heterocycles. The first kappa shape index (κ1) is 13.7. The van der Waals surface area contributed by atoms with E-state index < -0.39 is 0 Å². The highest BCUT2D eigenvalue weighted by Crippen LogP contribution is 2.16. The monoisotopic (exact) mass is 328 g/mol. The van der Waals surface area contributed by atoms with E-state index in [1.54, 1.807) is 11.3 Å². The van der Waals surface area contributed by atoms with Crippen molar-refractivity contribution >= 4 is 27.3 Å². The van der Waals surface area contributed by atoms with Crippen LogP contribution in [-0.4, -0.2) is 27.4 Å². The third kappa shape index (κ3) is 3.90. The van der Waals surface area contributed by atoms with Gasteiger partial charge in [0.05, 0.1) is 22.2 Å². The topological polar surface area (TPSA) is 42.7 Å². The summed E-state index contributed by atoms with van der Waals surface area (Å²) < 4.78 is 2.96. The minimum absolute atomic E-state index is 0.388. The van der Waals surface area contributed by atoms with Gasteiger partial charge in [-0.25, -0.2) is 4.98 Å². The smallest absolute Gasteiger partial charge is 0.0965 e. The van der Waals surface area contributed by atoms with Crippen LogP contribution in [0.4, 0.5) is 0 Å². The molecule has 98 valence electrons. The quantitative estimate of drug-likeness (QED) is 0.886. The number of thiazole rings is 1. The van der Waals surface area contributed by atoms with Gasteiger partial charge in [0.15, 0.2) is 0 Å². The Balaban J connectivity index is 1.76. The first-order valence-corrected chi connectivity index (χ1v) is 7.63. The van der Waals surface area contributed by atoms with E-state index >= 15 is 0 Å². The Morgan fingerprint density at radius 2 is 2.33 bits per heavy atom. The molecule has 2 aromatic rings. The first-order chi connectivity index (χ1) is 8.65. The maximum Gasteiger partial charge on any atom is 0.0965 e. The summed E-state index contributed by atoms with van der Waals surface area (Å²) >= 11 is 5.11. The molecule has 18 heavy (non-hydrogen) atoms. The predicted molar refractivity (Wildman–Crippen MR) is 77.9 cm³/mol. The van der Waals surface area contributed by atoms with E-state index in [1.165, 1.54) is 5.01 Å². The fourth-order valence-corrected chi connectivity index (χ4v) is 2.75. The van der Waals surface area contributed by atoms with Gasteiger partial charge in [0, 0.05) is 36.3 Å². The lowest BCUT2D eigenvalue weighted by Gasteiger charge is -2.16. The highest BCUT2D eigenvalue weighted by Gasteiger charge is 2.10. The van der Waals surface area contributed by atoms with Gasteiger partial charge >= 0.3 is 0 Å². The normalized spacial score (nSPS) is 14.6. The van der Waals surface area contributed by atoms with Crippen LogP contribution in [0, 0.1) is 0 Å². The van der Waals surface area contributed by atoms with Crippen LogP contribution in [0.2, 0.25) is 0 Å². The number of nitrogens with one attached hydrogen (secondary N) is 1. The van der Waals surface area contributed by atoms with Crippen LogP contribution in [0.5, 0.6) is 0 Å². The molecule has 0 fully saturated rings. The summed E-state index contributed by atoms with van der Waals surface area (Å²) in [5, 5.41) is 11.0. The Hall–Kier alpha value is -0.720. The second kappa shape index (κ2) is 6.45. The molecule has 0 radical (unpaired) electrons. The summed E-state index contributed by atoms with van der Waals surface area (Å²) in [5.74, 6) is 0.455. The molecule has 2 rings (SSSR count). The maximum atomic E-state index is 4.34. The van der Waals surface area contributed by atoms with Crippen LogP contribution in [0.3, 0.4) is 0 Å². The van der Waals surface area contributed by atoms with Gasteiger partial charge in [-0.05, 0) is 22.9 Å². The minimum atomic E-state index is 0.388. The Bertz CT molecular complexity index is 468. The van der Waals surface area contributed by atoms with Crippen molar-refractivity contribution in [1.82, 2.24) is 20.1 Å². The molecule has 0 bridgehead atoms. The van der Waals surface area contributed by atoms with Gasteiger partial charge in [-0.1, -0.05) is 6.92 Å². The van der Waals surface area contributed by atoms with Crippen LogP contribution >= 0.6 is 27.3 Å². The fraction of sp³-hybridized carbons (Fsp3) is 0.500. The number of rotatable bonds is 6. The van der Waals surface area contributed by atoms with E-state index in [1.807, 2.05) is 28.7 Å². The van der Waals surface area contributed by atoms with E-state index in [-0.39, 0.29) is 0 Å². The molecular weight excluding hydrogens is 312 g/mol. The summed E-state index contributed by atoms with van der Waals surface area (Å²) in [5.41, 5.74) is 0. The molecule has 1 N–H and O–H groups in total. The lowest BCUT2D eigenvalue weighted by molar-refractivity contribution is 0.440. The largest absolute Gasteiger partial charge is 0.312 e. The van der Waals surface area contributed by atoms with Gasteiger partial charge in [-0.15, -0.1) is 11.3 Å². The van der Waals surface area contributed by atoms with E-state index in [0.717, 1.165) is 17.6 Å². The summed E-state index contributed by atoms with van der Waals surface area (Å²) in [6.45, 7) is 6.18. The summed E-state index contributed by atoms with van der Waals surface area (Å²) in [7, 11) is 0. The Morgan fingerprint density at radius 3 is 2.94 bits per heavy atom. The average molecular weight is 329 g/mol. The Kier molecular flexibility index (Phi) is 4.91. The summed E-state index contributed by atoms with van der Waals surface area (Å²) in [6, 6.07) is 0.388. The number of aromatic nitrogens is 3. The van der Waals surface area contributed by atoms with Gasteiger partial charge < -0.3 is 5.32 Å². The van der Waals surface area contributed by atoms with Crippen molar-refractivity contribution in [2.24, 2.45) is 0 Å². The molecule has 0 aromatic carbocycles. The molecular formula is C12H17BrN4S. The molecule has 2 heterocycles. The molecule has 4 nitrogen and oxygen atoms in total. The van der Waals surface area contributed by atoms with Crippen molar-refractivity contribution in [2.75, 3.05) is 6.54 Å². The van der Waals surface area contributed by atoms with E-state index in [9.17, 15) is 0 Å². The number of halogens is 1. The van der Waals surface area contributed by atoms with Crippen LogP contribution in [0.15, 0.2) is 28.4 Å². The van der Waals surface area contributed by atoms with Crippen LogP contribution < -0.4 is 5.32 Å². The van der Waals surface area contributed by atoms with Crippen LogP contribution in [-0.2, 0) is 6.54 Å². The van der Waals surface area contributed by atoms with E-state index in [2.05, 4.69) is 45.2 Å². The van der Waals surface area contributed by atoms with Crippen molar-refractivity contribution in [3.05, 3.63) is 33.5 Å². The van der Waals surface area contributed by atoms with Crippen molar-refractivity contribution < 1.29 is 0 Å². The Labute approximate surface area is 120 Å². The summed E-state index contributed by atoms with van der Waals surface area (Å²) in [4.78, 5) is 4.34. The molecule has 2 aromatic heterocycles. The fourth-order valence-electron chi connectivity index (χ4n) is 1.73. The maximum absolute atomic E-state index is 4.34. The van der Waals surface area contributed by atoms with Crippen LogP contribution in [0.25, 0.3) is 0 Å². The van der Waals surface area contributed by atoms with Gasteiger partial charge in [0.25, 0.3) is 0 Å². The van der Waals surface area contributed by atoms with Crippen molar-refractivity contribution in [3.63, 3.8) is 0 Å². The van der Waals surface area contributed by atoms with Crippen LogP contribution in [0.1, 0.15) is 24.8 Å². The lowest BCUT2D eigenvalue weighted by Crippen LogP contribution is -2.33. The number of hydrogen-bond donors (Lipinski definition) is 1. The molecule has 0 unspecified atom stereocenters. The van der Waals surface area contributed by atoms with Gasteiger partial charge in [-0.3, -0.25) is 4.68 Å². The van der Waals surface area contributed by atoms with E-state index in [0.29, 0.717) is 12.0 Å². The molecule has 2 atom stereocenters. The third-order valence-corrected chi connectivity index (χ3v) is 4.12. The molecule has 0 aliphatic rings. The van der Waals surface area contributed by atoms with Gasteiger partial charge in [0.1, 0.15) is 0 Å². The third-order valence-electron chi connectivity index (χ3n) is 2.71. The molecule has 0 saturated carbocycles. The zero-order chi connectivity index (χ0) is 13.0. The zero-order valence-corrected chi connectivity index (χ0v) is 12.9. The predicted octanol–water partition coefficient (Wildman–Crippen LogP) is 2.88. The standard InChI is InChI=1S/C12H17BrN4S/c1-9(12-14-3-4-18-12)5-15-10(2)7-17-8-11(13)6-16-17/h3-4,6,8-10,15H,5,7H2,1-2H3/t9-,10-/m1/s1. The SMILES string of the molecule is C[C@H](Cn1cc(Br)cn1)NC[C@@H](C)c1nccs1. The number of hydrogen-bond acceptors (Lipinski definition) is 4. The van der Waals surface area contributed by atoms with Crippen molar-refractivity contribution in [2.45, 2.75) is 32.4 Å². The minimum Gasteiger partial charge on any atom is -0.312 e.